The molecule has 0 fully saturated rings. The maximum absolute atomic E-state index is 12.8. The van der Waals surface area contributed by atoms with Gasteiger partial charge < -0.3 is 5.32 Å². The van der Waals surface area contributed by atoms with E-state index in [2.05, 4.69) is 17.4 Å². The third-order valence-electron chi connectivity index (χ3n) is 4.20. The first-order valence-corrected chi connectivity index (χ1v) is 8.30. The summed E-state index contributed by atoms with van der Waals surface area (Å²) in [6, 6.07) is 28.0. The van der Waals surface area contributed by atoms with Crippen LogP contribution in [0.3, 0.4) is 0 Å². The van der Waals surface area contributed by atoms with Gasteiger partial charge in [0.05, 0.1) is 5.92 Å². The van der Waals surface area contributed by atoms with Crippen molar-refractivity contribution in [3.63, 3.8) is 0 Å². The summed E-state index contributed by atoms with van der Waals surface area (Å²) >= 11 is 0. The molecule has 0 aliphatic carbocycles. The fraction of sp³-hybridized carbons (Fsp3) is 0.136. The summed E-state index contributed by atoms with van der Waals surface area (Å²) in [5.41, 5.74) is 4.04. The zero-order valence-corrected chi connectivity index (χ0v) is 13.8. The highest BCUT2D eigenvalue weighted by molar-refractivity contribution is 5.99. The Kier molecular flexibility index (Phi) is 5.07. The van der Waals surface area contributed by atoms with E-state index in [1.54, 1.807) is 0 Å². The Hall–Kier alpha value is -2.87. The van der Waals surface area contributed by atoms with Gasteiger partial charge in [0.1, 0.15) is 0 Å². The van der Waals surface area contributed by atoms with Gasteiger partial charge in [0.25, 0.3) is 0 Å². The molecular formula is C22H21NO. The smallest absolute Gasteiger partial charge is 0.231 e. The first kappa shape index (κ1) is 16.0. The minimum absolute atomic E-state index is 0.0343. The van der Waals surface area contributed by atoms with Crippen molar-refractivity contribution < 1.29 is 4.79 Å². The molecule has 0 spiro atoms. The van der Waals surface area contributed by atoms with E-state index >= 15 is 0 Å². The number of hydrogen-bond acceptors (Lipinski definition) is 1. The van der Waals surface area contributed by atoms with Crippen LogP contribution in [0.4, 0.5) is 5.69 Å². The Bertz CT molecular complexity index is 796. The van der Waals surface area contributed by atoms with Crippen molar-refractivity contribution in [2.45, 2.75) is 19.3 Å². The van der Waals surface area contributed by atoms with E-state index in [4.69, 9.17) is 0 Å². The number of carbonyl (C=O) groups excluding carboxylic acids is 1. The van der Waals surface area contributed by atoms with Gasteiger partial charge in [-0.2, -0.15) is 0 Å². The lowest BCUT2D eigenvalue weighted by molar-refractivity contribution is -0.117. The van der Waals surface area contributed by atoms with E-state index in [0.29, 0.717) is 0 Å². The summed E-state index contributed by atoms with van der Waals surface area (Å²) in [5.74, 6) is -0.109. The number of anilines is 1. The third kappa shape index (κ3) is 3.54. The van der Waals surface area contributed by atoms with Crippen LogP contribution in [0, 0.1) is 0 Å². The standard InChI is InChI=1S/C22H21NO/c1-2-19(17-11-5-3-6-12-17)22(24)23-21-16-10-9-15-20(21)18-13-7-4-8-14-18/h3-16,19H,2H2,1H3,(H,23,24)/t19-/m0/s1. The van der Waals surface area contributed by atoms with Crippen LogP contribution >= 0.6 is 0 Å². The minimum atomic E-state index is -0.143. The van der Waals surface area contributed by atoms with Crippen molar-refractivity contribution in [2.75, 3.05) is 5.32 Å². The van der Waals surface area contributed by atoms with E-state index in [-0.39, 0.29) is 11.8 Å². The van der Waals surface area contributed by atoms with Gasteiger partial charge in [0.2, 0.25) is 5.91 Å². The van der Waals surface area contributed by atoms with Crippen molar-refractivity contribution >= 4 is 11.6 Å². The molecule has 0 bridgehead atoms. The summed E-state index contributed by atoms with van der Waals surface area (Å²) in [7, 11) is 0. The highest BCUT2D eigenvalue weighted by atomic mass is 16.1. The summed E-state index contributed by atoms with van der Waals surface area (Å²) < 4.78 is 0. The summed E-state index contributed by atoms with van der Waals surface area (Å²) in [6.45, 7) is 2.04. The van der Waals surface area contributed by atoms with Gasteiger partial charge in [0, 0.05) is 11.3 Å². The molecule has 3 aromatic carbocycles. The Labute approximate surface area is 143 Å². The fourth-order valence-corrected chi connectivity index (χ4v) is 2.94. The lowest BCUT2D eigenvalue weighted by Crippen LogP contribution is -2.21. The maximum Gasteiger partial charge on any atom is 0.231 e. The summed E-state index contributed by atoms with van der Waals surface area (Å²) in [4.78, 5) is 12.8. The van der Waals surface area contributed by atoms with Crippen molar-refractivity contribution in [3.05, 3.63) is 90.5 Å². The number of carbonyl (C=O) groups is 1. The van der Waals surface area contributed by atoms with Gasteiger partial charge >= 0.3 is 0 Å². The molecule has 120 valence electrons. The summed E-state index contributed by atoms with van der Waals surface area (Å²) in [6.07, 6.45) is 0.767. The SMILES string of the molecule is CC[C@H](C(=O)Nc1ccccc1-c1ccccc1)c1ccccc1. The zero-order valence-electron chi connectivity index (χ0n) is 13.8. The van der Waals surface area contributed by atoms with E-state index in [9.17, 15) is 4.79 Å². The second-order valence-electron chi connectivity index (χ2n) is 5.77. The molecule has 2 nitrogen and oxygen atoms in total. The van der Waals surface area contributed by atoms with Gasteiger partial charge in [-0.25, -0.2) is 0 Å². The highest BCUT2D eigenvalue weighted by Gasteiger charge is 2.19. The molecule has 0 aliphatic rings. The number of para-hydroxylation sites is 1. The molecule has 1 N–H and O–H groups in total. The van der Waals surface area contributed by atoms with Gasteiger partial charge in [0.15, 0.2) is 0 Å². The minimum Gasteiger partial charge on any atom is -0.325 e. The van der Waals surface area contributed by atoms with Crippen LogP contribution in [0.15, 0.2) is 84.9 Å². The average Bonchev–Trinajstić information content (AvgIpc) is 2.64. The van der Waals surface area contributed by atoms with E-state index in [1.807, 2.05) is 79.7 Å². The van der Waals surface area contributed by atoms with E-state index < -0.39 is 0 Å². The largest absolute Gasteiger partial charge is 0.325 e. The Morgan fingerprint density at radius 1 is 0.833 bits per heavy atom. The lowest BCUT2D eigenvalue weighted by atomic mass is 9.95. The topological polar surface area (TPSA) is 29.1 Å². The zero-order chi connectivity index (χ0) is 16.8. The molecule has 3 rings (SSSR count). The second kappa shape index (κ2) is 7.60. The van der Waals surface area contributed by atoms with Gasteiger partial charge in [-0.3, -0.25) is 4.79 Å². The van der Waals surface area contributed by atoms with Crippen LogP contribution < -0.4 is 5.32 Å². The van der Waals surface area contributed by atoms with Crippen molar-refractivity contribution in [1.82, 2.24) is 0 Å². The molecule has 0 saturated heterocycles. The summed E-state index contributed by atoms with van der Waals surface area (Å²) in [5, 5.41) is 3.12. The molecule has 24 heavy (non-hydrogen) atoms. The van der Waals surface area contributed by atoms with Gasteiger partial charge in [-0.15, -0.1) is 0 Å². The second-order valence-corrected chi connectivity index (χ2v) is 5.77. The molecule has 0 aromatic heterocycles. The number of benzene rings is 3. The number of rotatable bonds is 5. The van der Waals surface area contributed by atoms with E-state index in [0.717, 1.165) is 28.8 Å². The molecule has 2 heteroatoms. The van der Waals surface area contributed by atoms with Crippen LogP contribution in [0.25, 0.3) is 11.1 Å². The molecule has 0 aliphatic heterocycles. The van der Waals surface area contributed by atoms with Crippen LogP contribution in [0.1, 0.15) is 24.8 Å². The van der Waals surface area contributed by atoms with Crippen LogP contribution in [0.5, 0.6) is 0 Å². The number of amides is 1. The molecule has 1 amide bonds. The van der Waals surface area contributed by atoms with Crippen molar-refractivity contribution in [2.24, 2.45) is 0 Å². The monoisotopic (exact) mass is 315 g/mol. The number of hydrogen-bond donors (Lipinski definition) is 1. The molecule has 0 radical (unpaired) electrons. The van der Waals surface area contributed by atoms with Crippen LogP contribution in [0.2, 0.25) is 0 Å². The third-order valence-corrected chi connectivity index (χ3v) is 4.20. The van der Waals surface area contributed by atoms with E-state index in [1.165, 1.54) is 0 Å². The predicted molar refractivity (Wildman–Crippen MR) is 100.0 cm³/mol. The molecule has 0 unspecified atom stereocenters. The van der Waals surface area contributed by atoms with Gasteiger partial charge in [-0.05, 0) is 23.6 Å². The quantitative estimate of drug-likeness (QED) is 0.663. The molecule has 0 heterocycles. The Morgan fingerprint density at radius 3 is 2.08 bits per heavy atom. The lowest BCUT2D eigenvalue weighted by Gasteiger charge is -2.17. The highest BCUT2D eigenvalue weighted by Crippen LogP contribution is 2.29. The normalized spacial score (nSPS) is 11.7. The Balaban J connectivity index is 1.87. The average molecular weight is 315 g/mol. The molecular weight excluding hydrogens is 294 g/mol. The van der Waals surface area contributed by atoms with Crippen molar-refractivity contribution in [3.8, 4) is 11.1 Å². The van der Waals surface area contributed by atoms with Crippen molar-refractivity contribution in [1.29, 1.82) is 0 Å². The van der Waals surface area contributed by atoms with Crippen LogP contribution in [-0.4, -0.2) is 5.91 Å². The Morgan fingerprint density at radius 2 is 1.42 bits per heavy atom. The first-order valence-electron chi connectivity index (χ1n) is 8.30. The molecule has 3 aromatic rings. The van der Waals surface area contributed by atoms with Crippen LogP contribution in [-0.2, 0) is 4.79 Å². The predicted octanol–water partition coefficient (Wildman–Crippen LogP) is 5.49. The maximum atomic E-state index is 12.8. The molecule has 0 saturated carbocycles. The molecule has 1 atom stereocenters. The fourth-order valence-electron chi connectivity index (χ4n) is 2.94. The van der Waals surface area contributed by atoms with Gasteiger partial charge in [-0.1, -0.05) is 85.8 Å². The number of nitrogens with one attached hydrogen (secondary N) is 1. The first-order chi connectivity index (χ1) is 11.8.